The summed E-state index contributed by atoms with van der Waals surface area (Å²) < 4.78 is 0. The van der Waals surface area contributed by atoms with Gasteiger partial charge in [-0.1, -0.05) is 17.7 Å². The number of carbonyl (C=O) groups excluding carboxylic acids is 2. The molecule has 0 radical (unpaired) electrons. The molecule has 6 heteroatoms. The van der Waals surface area contributed by atoms with Crippen LogP contribution in [-0.4, -0.2) is 16.7 Å². The van der Waals surface area contributed by atoms with Crippen molar-refractivity contribution >= 4 is 40.5 Å². The lowest BCUT2D eigenvalue weighted by Gasteiger charge is -2.09. The van der Waals surface area contributed by atoms with Crippen molar-refractivity contribution < 1.29 is 9.59 Å². The first-order valence-corrected chi connectivity index (χ1v) is 8.72. The summed E-state index contributed by atoms with van der Waals surface area (Å²) in [6.07, 6.45) is 1.56. The highest BCUT2D eigenvalue weighted by Crippen LogP contribution is 2.21. The van der Waals surface area contributed by atoms with Crippen LogP contribution in [0.4, 0.5) is 17.2 Å². The molecule has 2 N–H and O–H groups in total. The van der Waals surface area contributed by atoms with E-state index in [1.807, 2.05) is 13.0 Å². The predicted molar refractivity (Wildman–Crippen MR) is 108 cm³/mol. The normalized spacial score (nSPS) is 10.3. The van der Waals surface area contributed by atoms with Gasteiger partial charge in [0.05, 0.1) is 0 Å². The van der Waals surface area contributed by atoms with Crippen LogP contribution in [0.15, 0.2) is 60.8 Å². The number of nitrogens with zero attached hydrogens (tertiary/aromatic N) is 1. The van der Waals surface area contributed by atoms with Crippen LogP contribution < -0.4 is 10.6 Å². The molecule has 27 heavy (non-hydrogen) atoms. The number of benzene rings is 2. The fourth-order valence-electron chi connectivity index (χ4n) is 2.45. The lowest BCUT2D eigenvalue weighted by molar-refractivity contribution is 0.101. The second-order valence-corrected chi connectivity index (χ2v) is 6.51. The number of anilines is 3. The number of nitrogens with one attached hydrogen (secondary N) is 2. The number of hydrogen-bond acceptors (Lipinski definition) is 4. The van der Waals surface area contributed by atoms with Gasteiger partial charge in [-0.3, -0.25) is 9.59 Å². The standard InChI is InChI=1S/C21H18ClN3O2/c1-13-3-6-18(12-19(13)22)25-21(27)16-9-10-23-20(11-16)24-17-7-4-15(5-8-17)14(2)26/h3-12H,1-2H3,(H,23,24)(H,25,27). The third-order valence-electron chi connectivity index (χ3n) is 4.02. The quantitative estimate of drug-likeness (QED) is 0.594. The fourth-order valence-corrected chi connectivity index (χ4v) is 2.63. The Labute approximate surface area is 162 Å². The van der Waals surface area contributed by atoms with E-state index < -0.39 is 0 Å². The van der Waals surface area contributed by atoms with Crippen molar-refractivity contribution in [1.29, 1.82) is 0 Å². The van der Waals surface area contributed by atoms with Gasteiger partial charge in [-0.2, -0.15) is 0 Å². The maximum atomic E-state index is 12.5. The fraction of sp³-hybridized carbons (Fsp3) is 0.0952. The number of aryl methyl sites for hydroxylation is 1. The number of aromatic nitrogens is 1. The zero-order chi connectivity index (χ0) is 19.4. The van der Waals surface area contributed by atoms with Gasteiger partial charge >= 0.3 is 0 Å². The van der Waals surface area contributed by atoms with Gasteiger partial charge in [-0.25, -0.2) is 4.98 Å². The summed E-state index contributed by atoms with van der Waals surface area (Å²) in [5, 5.41) is 6.54. The van der Waals surface area contributed by atoms with Crippen LogP contribution in [0.3, 0.4) is 0 Å². The van der Waals surface area contributed by atoms with Crippen LogP contribution in [-0.2, 0) is 0 Å². The average molecular weight is 380 g/mol. The Hall–Kier alpha value is -3.18. The number of amides is 1. The van der Waals surface area contributed by atoms with Gasteiger partial charge in [-0.15, -0.1) is 0 Å². The highest BCUT2D eigenvalue weighted by atomic mass is 35.5. The molecule has 1 heterocycles. The molecule has 0 bridgehead atoms. The molecule has 0 fully saturated rings. The molecular weight excluding hydrogens is 362 g/mol. The molecule has 0 aliphatic rings. The SMILES string of the molecule is CC(=O)c1ccc(Nc2cc(C(=O)Nc3ccc(C)c(Cl)c3)ccn2)cc1. The Balaban J connectivity index is 1.73. The molecule has 3 aromatic rings. The van der Waals surface area contributed by atoms with E-state index in [4.69, 9.17) is 11.6 Å². The minimum atomic E-state index is -0.257. The van der Waals surface area contributed by atoms with E-state index in [-0.39, 0.29) is 11.7 Å². The second kappa shape index (κ2) is 8.01. The van der Waals surface area contributed by atoms with E-state index in [0.29, 0.717) is 27.7 Å². The van der Waals surface area contributed by atoms with Crippen LogP contribution in [0.1, 0.15) is 33.2 Å². The van der Waals surface area contributed by atoms with Gasteiger partial charge < -0.3 is 10.6 Å². The number of rotatable bonds is 5. The predicted octanol–water partition coefficient (Wildman–Crippen LogP) is 5.24. The van der Waals surface area contributed by atoms with E-state index in [1.165, 1.54) is 6.92 Å². The van der Waals surface area contributed by atoms with Gasteiger partial charge in [-0.05, 0) is 67.9 Å². The number of pyridine rings is 1. The van der Waals surface area contributed by atoms with Crippen LogP contribution >= 0.6 is 11.6 Å². The smallest absolute Gasteiger partial charge is 0.255 e. The maximum absolute atomic E-state index is 12.5. The first kappa shape index (κ1) is 18.6. The number of ketones is 1. The molecule has 5 nitrogen and oxygen atoms in total. The molecule has 0 unspecified atom stereocenters. The number of halogens is 1. The van der Waals surface area contributed by atoms with Crippen LogP contribution in [0.25, 0.3) is 0 Å². The third kappa shape index (κ3) is 4.71. The highest BCUT2D eigenvalue weighted by molar-refractivity contribution is 6.31. The van der Waals surface area contributed by atoms with E-state index in [2.05, 4.69) is 15.6 Å². The molecule has 136 valence electrons. The second-order valence-electron chi connectivity index (χ2n) is 6.11. The molecule has 0 aliphatic carbocycles. The van der Waals surface area contributed by atoms with Crippen LogP contribution in [0.2, 0.25) is 5.02 Å². The summed E-state index contributed by atoms with van der Waals surface area (Å²) in [6, 6.07) is 15.7. The zero-order valence-electron chi connectivity index (χ0n) is 14.9. The molecule has 1 amide bonds. The summed E-state index contributed by atoms with van der Waals surface area (Å²) in [5.41, 5.74) is 3.45. The molecule has 0 aliphatic heterocycles. The molecular formula is C21H18ClN3O2. The lowest BCUT2D eigenvalue weighted by Crippen LogP contribution is -2.12. The minimum Gasteiger partial charge on any atom is -0.340 e. The van der Waals surface area contributed by atoms with Crippen molar-refractivity contribution in [3.05, 3.63) is 82.5 Å². The van der Waals surface area contributed by atoms with Crippen molar-refractivity contribution in [1.82, 2.24) is 4.98 Å². The molecule has 1 aromatic heterocycles. The van der Waals surface area contributed by atoms with Crippen molar-refractivity contribution in [3.8, 4) is 0 Å². The minimum absolute atomic E-state index is 0.00884. The third-order valence-corrected chi connectivity index (χ3v) is 4.42. The zero-order valence-corrected chi connectivity index (χ0v) is 15.7. The number of hydrogen-bond donors (Lipinski definition) is 2. The Morgan fingerprint density at radius 2 is 1.63 bits per heavy atom. The molecule has 2 aromatic carbocycles. The monoisotopic (exact) mass is 379 g/mol. The number of carbonyl (C=O) groups is 2. The van der Waals surface area contributed by atoms with Crippen LogP contribution in [0.5, 0.6) is 0 Å². The van der Waals surface area contributed by atoms with Crippen molar-refractivity contribution in [2.45, 2.75) is 13.8 Å². The largest absolute Gasteiger partial charge is 0.340 e. The molecule has 0 saturated carbocycles. The van der Waals surface area contributed by atoms with Crippen molar-refractivity contribution in [3.63, 3.8) is 0 Å². The van der Waals surface area contributed by atoms with Gasteiger partial charge in [0.25, 0.3) is 5.91 Å². The summed E-state index contributed by atoms with van der Waals surface area (Å²) in [6.45, 7) is 3.42. The van der Waals surface area contributed by atoms with E-state index in [0.717, 1.165) is 11.3 Å². The first-order valence-electron chi connectivity index (χ1n) is 8.34. The maximum Gasteiger partial charge on any atom is 0.255 e. The van der Waals surface area contributed by atoms with Gasteiger partial charge in [0, 0.05) is 33.7 Å². The molecule has 0 spiro atoms. The summed E-state index contributed by atoms with van der Waals surface area (Å²) in [7, 11) is 0. The van der Waals surface area contributed by atoms with Crippen LogP contribution in [0, 0.1) is 6.92 Å². The Kier molecular flexibility index (Phi) is 5.52. The molecule has 0 atom stereocenters. The summed E-state index contributed by atoms with van der Waals surface area (Å²) in [4.78, 5) is 28.1. The number of Topliss-reactive ketones (excluding diaryl/α,β-unsaturated/α-hetero) is 1. The summed E-state index contributed by atoms with van der Waals surface area (Å²) >= 11 is 6.10. The van der Waals surface area contributed by atoms with Gasteiger partial charge in [0.2, 0.25) is 0 Å². The van der Waals surface area contributed by atoms with Gasteiger partial charge in [0.15, 0.2) is 5.78 Å². The first-order chi connectivity index (χ1) is 12.9. The molecule has 0 saturated heterocycles. The van der Waals surface area contributed by atoms with E-state index in [9.17, 15) is 9.59 Å². The van der Waals surface area contributed by atoms with E-state index in [1.54, 1.807) is 54.7 Å². The van der Waals surface area contributed by atoms with Crippen molar-refractivity contribution in [2.75, 3.05) is 10.6 Å². The summed E-state index contributed by atoms with van der Waals surface area (Å²) in [5.74, 6) is 0.280. The highest BCUT2D eigenvalue weighted by Gasteiger charge is 2.09. The van der Waals surface area contributed by atoms with Crippen molar-refractivity contribution in [2.24, 2.45) is 0 Å². The van der Waals surface area contributed by atoms with Gasteiger partial charge in [0.1, 0.15) is 5.82 Å². The molecule has 3 rings (SSSR count). The average Bonchev–Trinajstić information content (AvgIpc) is 2.65. The Morgan fingerprint density at radius 1 is 0.926 bits per heavy atom. The Morgan fingerprint density at radius 3 is 2.30 bits per heavy atom. The lowest BCUT2D eigenvalue weighted by atomic mass is 10.1. The van der Waals surface area contributed by atoms with E-state index >= 15 is 0 Å². The topological polar surface area (TPSA) is 71.1 Å². The Bertz CT molecular complexity index is 1000.